The van der Waals surface area contributed by atoms with E-state index in [-0.39, 0.29) is 23.4 Å². The van der Waals surface area contributed by atoms with Crippen LogP contribution in [-0.2, 0) is 9.53 Å². The first-order valence-electron chi connectivity index (χ1n) is 12.0. The van der Waals surface area contributed by atoms with Gasteiger partial charge in [0.25, 0.3) is 11.2 Å². The van der Waals surface area contributed by atoms with Crippen molar-refractivity contribution in [3.63, 3.8) is 0 Å². The van der Waals surface area contributed by atoms with Crippen molar-refractivity contribution in [1.29, 1.82) is 0 Å². The van der Waals surface area contributed by atoms with Crippen molar-refractivity contribution in [3.8, 4) is 11.5 Å². The number of aryl methyl sites for hydroxylation is 1. The van der Waals surface area contributed by atoms with Crippen molar-refractivity contribution >= 4 is 29.1 Å². The summed E-state index contributed by atoms with van der Waals surface area (Å²) < 4.78 is 18.1. The van der Waals surface area contributed by atoms with Gasteiger partial charge in [-0.2, -0.15) is 0 Å². The Bertz CT molecular complexity index is 1630. The van der Waals surface area contributed by atoms with E-state index in [1.165, 1.54) is 17.7 Å². The number of benzene rings is 2. The minimum atomic E-state index is -0.943. The van der Waals surface area contributed by atoms with Crippen LogP contribution in [0.2, 0.25) is 0 Å². The lowest BCUT2D eigenvalue weighted by Crippen LogP contribution is -2.40. The summed E-state index contributed by atoms with van der Waals surface area (Å²) in [5, 5.41) is 11.7. The summed E-state index contributed by atoms with van der Waals surface area (Å²) >= 11 is 1.16. The molecular weight excluding hydrogens is 510 g/mol. The molecule has 10 nitrogen and oxygen atoms in total. The summed E-state index contributed by atoms with van der Waals surface area (Å²) in [7, 11) is 1.54. The van der Waals surface area contributed by atoms with Crippen LogP contribution in [0, 0.1) is 17.0 Å². The number of nitrogens with zero attached hydrogens (tertiary/aromatic N) is 3. The molecule has 0 aliphatic carbocycles. The van der Waals surface area contributed by atoms with Crippen LogP contribution in [0.5, 0.6) is 11.5 Å². The minimum Gasteiger partial charge on any atom is -0.493 e. The molecule has 0 N–H and O–H groups in total. The summed E-state index contributed by atoms with van der Waals surface area (Å²) in [5.74, 6) is 0.482. The number of carbonyl (C=O) groups excluding carboxylic acids is 1. The van der Waals surface area contributed by atoms with E-state index in [1.807, 2.05) is 13.0 Å². The van der Waals surface area contributed by atoms with E-state index in [4.69, 9.17) is 14.2 Å². The molecule has 0 fully saturated rings. The molecule has 0 bridgehead atoms. The van der Waals surface area contributed by atoms with Crippen LogP contribution in [0.25, 0.3) is 6.08 Å². The topological polar surface area (TPSA) is 122 Å². The van der Waals surface area contributed by atoms with Crippen LogP contribution in [0.15, 0.2) is 57.5 Å². The van der Waals surface area contributed by atoms with Crippen molar-refractivity contribution in [1.82, 2.24) is 4.57 Å². The highest BCUT2D eigenvalue weighted by Gasteiger charge is 2.34. The smallest absolute Gasteiger partial charge is 0.338 e. The van der Waals surface area contributed by atoms with E-state index in [1.54, 1.807) is 51.1 Å². The molecule has 2 aromatic carbocycles. The van der Waals surface area contributed by atoms with E-state index in [9.17, 15) is 19.7 Å². The summed E-state index contributed by atoms with van der Waals surface area (Å²) in [6, 6.07) is 9.07. The zero-order chi connectivity index (χ0) is 27.6. The fourth-order valence-electron chi connectivity index (χ4n) is 4.30. The maximum Gasteiger partial charge on any atom is 0.338 e. The van der Waals surface area contributed by atoms with Gasteiger partial charge >= 0.3 is 5.97 Å². The first-order valence-corrected chi connectivity index (χ1v) is 12.8. The largest absolute Gasteiger partial charge is 0.493 e. The number of rotatable bonds is 8. The number of thiazole rings is 1. The number of carbonyl (C=O) groups is 1. The standard InChI is InChI=1S/C27H27N3O7S/c1-6-36-20-11-9-17(12-21(20)35-5)13-22-25(31)29-24(18-10-8-15(3)19(14-18)30(33)34)23(26(32)37-7-2)16(4)28-27(29)38-22/h8-14,24H,6-7H2,1-5H3/b22-13+/t24-/m1/s1. The summed E-state index contributed by atoms with van der Waals surface area (Å²) in [6.07, 6.45) is 1.71. The highest BCUT2D eigenvalue weighted by Crippen LogP contribution is 2.33. The SMILES string of the molecule is CCOC(=O)C1=C(C)N=c2s/c(=C/c3ccc(OCC)c(OC)c3)c(=O)n2[C@@H]1c1ccc(C)c([N+](=O)[O-])c1. The first kappa shape index (κ1) is 26.8. The average molecular weight is 538 g/mol. The van der Waals surface area contributed by atoms with Crippen molar-refractivity contribution < 1.29 is 23.9 Å². The number of fused-ring (bicyclic) bond motifs is 1. The molecule has 1 aliphatic heterocycles. The molecule has 4 rings (SSSR count). The summed E-state index contributed by atoms with van der Waals surface area (Å²) in [5.41, 5.74) is 1.63. The normalized spacial score (nSPS) is 15.1. The lowest BCUT2D eigenvalue weighted by Gasteiger charge is -2.24. The fraction of sp³-hybridized carbons (Fsp3) is 0.296. The summed E-state index contributed by atoms with van der Waals surface area (Å²) in [4.78, 5) is 42.9. The molecule has 0 radical (unpaired) electrons. The van der Waals surface area contributed by atoms with E-state index in [0.29, 0.717) is 49.8 Å². The third-order valence-electron chi connectivity index (χ3n) is 6.05. The van der Waals surface area contributed by atoms with Crippen LogP contribution in [0.1, 0.15) is 43.5 Å². The highest BCUT2D eigenvalue weighted by atomic mass is 32.1. The Morgan fingerprint density at radius 1 is 1.16 bits per heavy atom. The van der Waals surface area contributed by atoms with Gasteiger partial charge in [-0.25, -0.2) is 9.79 Å². The molecular formula is C27H27N3O7S. The highest BCUT2D eigenvalue weighted by molar-refractivity contribution is 7.07. The molecule has 2 heterocycles. The molecule has 1 aliphatic rings. The van der Waals surface area contributed by atoms with Gasteiger partial charge in [0, 0.05) is 11.6 Å². The van der Waals surface area contributed by atoms with E-state index in [0.717, 1.165) is 11.3 Å². The van der Waals surface area contributed by atoms with Crippen LogP contribution < -0.4 is 24.4 Å². The molecule has 0 amide bonds. The van der Waals surface area contributed by atoms with Crippen molar-refractivity contribution in [2.24, 2.45) is 4.99 Å². The van der Waals surface area contributed by atoms with Gasteiger partial charge in [-0.3, -0.25) is 19.5 Å². The van der Waals surface area contributed by atoms with Gasteiger partial charge in [-0.05, 0) is 57.0 Å². The molecule has 0 unspecified atom stereocenters. The molecule has 0 saturated heterocycles. The molecule has 11 heteroatoms. The van der Waals surface area contributed by atoms with Crippen molar-refractivity contribution in [2.45, 2.75) is 33.7 Å². The minimum absolute atomic E-state index is 0.107. The number of hydrogen-bond acceptors (Lipinski definition) is 9. The zero-order valence-corrected chi connectivity index (χ0v) is 22.5. The van der Waals surface area contributed by atoms with Crippen LogP contribution in [-0.4, -0.2) is 35.8 Å². The molecule has 1 atom stereocenters. The molecule has 3 aromatic rings. The molecule has 38 heavy (non-hydrogen) atoms. The number of allylic oxidation sites excluding steroid dienone is 1. The molecule has 0 spiro atoms. The predicted octanol–water partition coefficient (Wildman–Crippen LogP) is 3.42. The number of nitro groups is 1. The number of esters is 1. The number of ether oxygens (including phenoxy) is 3. The van der Waals surface area contributed by atoms with Crippen LogP contribution in [0.4, 0.5) is 5.69 Å². The Kier molecular flexibility index (Phi) is 7.77. The van der Waals surface area contributed by atoms with Gasteiger partial charge in [0.15, 0.2) is 16.3 Å². The lowest BCUT2D eigenvalue weighted by molar-refractivity contribution is -0.385. The second-order valence-corrected chi connectivity index (χ2v) is 9.46. The maximum atomic E-state index is 13.8. The van der Waals surface area contributed by atoms with Gasteiger partial charge in [0.2, 0.25) is 0 Å². The maximum absolute atomic E-state index is 13.8. The monoisotopic (exact) mass is 537 g/mol. The fourth-order valence-corrected chi connectivity index (χ4v) is 5.35. The lowest BCUT2D eigenvalue weighted by atomic mass is 9.94. The number of aromatic nitrogens is 1. The average Bonchev–Trinajstić information content (AvgIpc) is 3.18. The molecule has 198 valence electrons. The predicted molar refractivity (Wildman–Crippen MR) is 142 cm³/mol. The Morgan fingerprint density at radius 2 is 1.92 bits per heavy atom. The third-order valence-corrected chi connectivity index (χ3v) is 7.03. The van der Waals surface area contributed by atoms with Gasteiger partial charge in [-0.1, -0.05) is 29.5 Å². The van der Waals surface area contributed by atoms with Gasteiger partial charge in [0.05, 0.1) is 47.1 Å². The van der Waals surface area contributed by atoms with E-state index in [2.05, 4.69) is 4.99 Å². The van der Waals surface area contributed by atoms with E-state index < -0.39 is 16.9 Å². The number of nitro benzene ring substituents is 1. The molecule has 1 aromatic heterocycles. The third kappa shape index (κ3) is 4.97. The van der Waals surface area contributed by atoms with Crippen LogP contribution >= 0.6 is 11.3 Å². The van der Waals surface area contributed by atoms with Crippen molar-refractivity contribution in [3.05, 3.63) is 94.2 Å². The quantitative estimate of drug-likeness (QED) is 0.245. The zero-order valence-electron chi connectivity index (χ0n) is 21.6. The van der Waals surface area contributed by atoms with Gasteiger partial charge in [0.1, 0.15) is 0 Å². The Balaban J connectivity index is 1.94. The Labute approximate surface area is 222 Å². The number of hydrogen-bond donors (Lipinski definition) is 0. The Morgan fingerprint density at radius 3 is 2.58 bits per heavy atom. The van der Waals surface area contributed by atoms with Gasteiger partial charge in [-0.15, -0.1) is 0 Å². The Hall–Kier alpha value is -4.25. The van der Waals surface area contributed by atoms with Gasteiger partial charge < -0.3 is 14.2 Å². The molecule has 0 saturated carbocycles. The van der Waals surface area contributed by atoms with Crippen molar-refractivity contribution in [2.75, 3.05) is 20.3 Å². The number of methoxy groups -OCH3 is 1. The summed E-state index contributed by atoms with van der Waals surface area (Å²) in [6.45, 7) is 7.45. The van der Waals surface area contributed by atoms with Crippen LogP contribution in [0.3, 0.4) is 0 Å². The van der Waals surface area contributed by atoms with E-state index >= 15 is 0 Å². The second-order valence-electron chi connectivity index (χ2n) is 8.45. The second kappa shape index (κ2) is 11.0. The first-order chi connectivity index (χ1) is 18.2.